The number of aliphatic hydroxyl groups is 2. The molecule has 0 bridgehead atoms. The first-order valence-corrected chi connectivity index (χ1v) is 5.87. The van der Waals surface area contributed by atoms with Crippen LogP contribution in [0.5, 0.6) is 0 Å². The van der Waals surface area contributed by atoms with E-state index in [0.717, 1.165) is 6.07 Å². The van der Waals surface area contributed by atoms with Crippen molar-refractivity contribution in [2.45, 2.75) is 12.5 Å². The van der Waals surface area contributed by atoms with Crippen LogP contribution in [0.2, 0.25) is 0 Å². The van der Waals surface area contributed by atoms with Gasteiger partial charge >= 0.3 is 0 Å². The van der Waals surface area contributed by atoms with Gasteiger partial charge in [-0.05, 0) is 19.1 Å². The molecule has 20 heavy (non-hydrogen) atoms. The molecule has 1 rings (SSSR count). The van der Waals surface area contributed by atoms with Crippen LogP contribution in [0.3, 0.4) is 0 Å². The monoisotopic (exact) mass is 283 g/mol. The molecule has 0 atom stereocenters. The van der Waals surface area contributed by atoms with Gasteiger partial charge < -0.3 is 20.8 Å². The highest BCUT2D eigenvalue weighted by molar-refractivity contribution is 5.95. The maximum atomic E-state index is 11.5. The van der Waals surface area contributed by atoms with Crippen molar-refractivity contribution in [3.8, 4) is 0 Å². The van der Waals surface area contributed by atoms with Gasteiger partial charge in [0.05, 0.1) is 23.7 Å². The normalized spacial score (nSPS) is 11.0. The predicted octanol–water partition coefficient (Wildman–Crippen LogP) is 0.110. The third-order valence-corrected chi connectivity index (χ3v) is 2.82. The van der Waals surface area contributed by atoms with Crippen molar-refractivity contribution in [2.75, 3.05) is 25.6 Å². The van der Waals surface area contributed by atoms with Crippen molar-refractivity contribution in [3.63, 3.8) is 0 Å². The van der Waals surface area contributed by atoms with Crippen molar-refractivity contribution >= 4 is 17.3 Å². The summed E-state index contributed by atoms with van der Waals surface area (Å²) in [5.41, 5.74) is -1.13. The first kappa shape index (κ1) is 15.9. The molecule has 0 radical (unpaired) electrons. The summed E-state index contributed by atoms with van der Waals surface area (Å²) in [6.07, 6.45) is 0. The summed E-state index contributed by atoms with van der Waals surface area (Å²) in [5, 5.41) is 34.5. The molecule has 0 heterocycles. The Balaban J connectivity index is 3.20. The lowest BCUT2D eigenvalue weighted by molar-refractivity contribution is -0.384. The summed E-state index contributed by atoms with van der Waals surface area (Å²) in [7, 11) is 1.43. The second kappa shape index (κ2) is 6.31. The molecule has 8 heteroatoms. The number of carbonyl (C=O) groups is 1. The zero-order chi connectivity index (χ0) is 15.3. The fourth-order valence-corrected chi connectivity index (χ4v) is 1.53. The third-order valence-electron chi connectivity index (χ3n) is 2.82. The quantitative estimate of drug-likeness (QED) is 0.434. The van der Waals surface area contributed by atoms with Gasteiger partial charge in [-0.3, -0.25) is 14.9 Å². The van der Waals surface area contributed by atoms with Gasteiger partial charge in [-0.1, -0.05) is 0 Å². The Morgan fingerprint density at radius 3 is 2.45 bits per heavy atom. The number of hydrogen-bond acceptors (Lipinski definition) is 6. The summed E-state index contributed by atoms with van der Waals surface area (Å²) in [4.78, 5) is 21.9. The zero-order valence-electron chi connectivity index (χ0n) is 11.2. The number of nitro benzene ring substituents is 1. The molecule has 0 saturated carbocycles. The number of carbonyl (C=O) groups excluding carboxylic acids is 1. The van der Waals surface area contributed by atoms with E-state index in [4.69, 9.17) is 0 Å². The Labute approximate surface area is 115 Å². The number of nitrogens with one attached hydrogen (secondary N) is 2. The number of benzene rings is 1. The minimum absolute atomic E-state index is 0.119. The Kier molecular flexibility index (Phi) is 5.00. The fraction of sp³-hybridized carbons (Fsp3) is 0.417. The highest BCUT2D eigenvalue weighted by atomic mass is 16.6. The molecule has 0 aliphatic heterocycles. The first-order valence-electron chi connectivity index (χ1n) is 5.87. The number of amides is 1. The Hall–Kier alpha value is -2.19. The molecule has 8 nitrogen and oxygen atoms in total. The van der Waals surface area contributed by atoms with Gasteiger partial charge in [-0.2, -0.15) is 0 Å². The van der Waals surface area contributed by atoms with Crippen LogP contribution < -0.4 is 10.6 Å². The smallest absolute Gasteiger partial charge is 0.293 e. The molecule has 4 N–H and O–H groups in total. The lowest BCUT2D eigenvalue weighted by atomic mass is 10.0. The van der Waals surface area contributed by atoms with Gasteiger partial charge in [0.25, 0.3) is 11.6 Å². The molecule has 1 amide bonds. The van der Waals surface area contributed by atoms with E-state index in [0.29, 0.717) is 0 Å². The van der Waals surface area contributed by atoms with E-state index >= 15 is 0 Å². The van der Waals surface area contributed by atoms with E-state index in [1.54, 1.807) is 0 Å². The van der Waals surface area contributed by atoms with Gasteiger partial charge in [-0.25, -0.2) is 0 Å². The van der Waals surface area contributed by atoms with Crippen LogP contribution in [-0.4, -0.2) is 46.8 Å². The highest BCUT2D eigenvalue weighted by Crippen LogP contribution is 2.28. The number of aliphatic hydroxyl groups excluding tert-OH is 2. The second-order valence-corrected chi connectivity index (χ2v) is 4.57. The summed E-state index contributed by atoms with van der Waals surface area (Å²) >= 11 is 0. The Morgan fingerprint density at radius 2 is 2.00 bits per heavy atom. The molecule has 0 aliphatic rings. The number of nitro groups is 1. The molecule has 0 aromatic heterocycles. The Morgan fingerprint density at radius 1 is 1.40 bits per heavy atom. The van der Waals surface area contributed by atoms with Crippen LogP contribution in [0.4, 0.5) is 11.4 Å². The molecule has 0 aliphatic carbocycles. The van der Waals surface area contributed by atoms with Crippen LogP contribution in [0.25, 0.3) is 0 Å². The average molecular weight is 283 g/mol. The van der Waals surface area contributed by atoms with E-state index in [9.17, 15) is 25.1 Å². The summed E-state index contributed by atoms with van der Waals surface area (Å²) in [6, 6.07) is 3.92. The molecule has 0 saturated heterocycles. The van der Waals surface area contributed by atoms with Crippen molar-refractivity contribution in [2.24, 2.45) is 0 Å². The average Bonchev–Trinajstić information content (AvgIpc) is 2.46. The molecule has 110 valence electrons. The SMILES string of the molecule is CNC(=O)c1ccc(NC(C)(CO)CO)c([N+](=O)[O-])c1. The minimum atomic E-state index is -1.10. The molecule has 1 aromatic rings. The number of nitrogens with zero attached hydrogens (tertiary/aromatic N) is 1. The summed E-state index contributed by atoms with van der Waals surface area (Å²) < 4.78 is 0. The summed E-state index contributed by atoms with van der Waals surface area (Å²) in [6.45, 7) is 0.707. The maximum Gasteiger partial charge on any atom is 0.293 e. The summed E-state index contributed by atoms with van der Waals surface area (Å²) in [5.74, 6) is -0.438. The Bertz CT molecular complexity index is 514. The topological polar surface area (TPSA) is 125 Å². The third kappa shape index (κ3) is 3.43. The molecule has 0 unspecified atom stereocenters. The minimum Gasteiger partial charge on any atom is -0.394 e. The standard InChI is InChI=1S/C12H17N3O5/c1-12(6-16,7-17)14-9-4-3-8(11(18)13-2)5-10(9)15(19)20/h3-5,14,16-17H,6-7H2,1-2H3,(H,13,18). The van der Waals surface area contributed by atoms with Crippen molar-refractivity contribution < 1.29 is 19.9 Å². The van der Waals surface area contributed by atoms with Crippen LogP contribution in [-0.2, 0) is 0 Å². The molecular formula is C12H17N3O5. The zero-order valence-corrected chi connectivity index (χ0v) is 11.2. The largest absolute Gasteiger partial charge is 0.394 e. The maximum absolute atomic E-state index is 11.5. The second-order valence-electron chi connectivity index (χ2n) is 4.57. The van der Waals surface area contributed by atoms with Crippen molar-refractivity contribution in [1.29, 1.82) is 0 Å². The van der Waals surface area contributed by atoms with Crippen LogP contribution in [0.15, 0.2) is 18.2 Å². The van der Waals surface area contributed by atoms with Gasteiger partial charge in [0.15, 0.2) is 0 Å². The van der Waals surface area contributed by atoms with Gasteiger partial charge in [0.2, 0.25) is 0 Å². The lowest BCUT2D eigenvalue weighted by Gasteiger charge is -2.27. The molecule has 1 aromatic carbocycles. The van der Waals surface area contributed by atoms with E-state index < -0.39 is 29.6 Å². The lowest BCUT2D eigenvalue weighted by Crippen LogP contribution is -2.42. The number of rotatable bonds is 6. The van der Waals surface area contributed by atoms with Gasteiger partial charge in [-0.15, -0.1) is 0 Å². The van der Waals surface area contributed by atoms with E-state index in [-0.39, 0.29) is 16.9 Å². The predicted molar refractivity (Wildman–Crippen MR) is 72.7 cm³/mol. The van der Waals surface area contributed by atoms with Crippen LogP contribution >= 0.6 is 0 Å². The van der Waals surface area contributed by atoms with Crippen molar-refractivity contribution in [3.05, 3.63) is 33.9 Å². The molecule has 0 spiro atoms. The first-order chi connectivity index (χ1) is 9.36. The molecule has 0 fully saturated rings. The fourth-order valence-electron chi connectivity index (χ4n) is 1.53. The van der Waals surface area contributed by atoms with Gasteiger partial charge in [0, 0.05) is 18.7 Å². The van der Waals surface area contributed by atoms with Gasteiger partial charge in [0.1, 0.15) is 5.69 Å². The molecular weight excluding hydrogens is 266 g/mol. The van der Waals surface area contributed by atoms with Crippen LogP contribution in [0.1, 0.15) is 17.3 Å². The van der Waals surface area contributed by atoms with Crippen molar-refractivity contribution in [1.82, 2.24) is 5.32 Å². The highest BCUT2D eigenvalue weighted by Gasteiger charge is 2.26. The van der Waals surface area contributed by atoms with E-state index in [2.05, 4.69) is 10.6 Å². The number of hydrogen-bond donors (Lipinski definition) is 4. The van der Waals surface area contributed by atoms with Crippen LogP contribution in [0, 0.1) is 10.1 Å². The van der Waals surface area contributed by atoms with E-state index in [1.165, 1.54) is 26.1 Å². The number of anilines is 1. The van der Waals surface area contributed by atoms with E-state index in [1.807, 2.05) is 0 Å².